The Morgan fingerprint density at radius 1 is 1.30 bits per heavy atom. The quantitative estimate of drug-likeness (QED) is 0.870. The number of rotatable bonds is 5. The maximum absolute atomic E-state index is 12.3. The van der Waals surface area contributed by atoms with Crippen LogP contribution in [0, 0.1) is 5.41 Å². The van der Waals surface area contributed by atoms with Gasteiger partial charge in [0.05, 0.1) is 12.6 Å². The van der Waals surface area contributed by atoms with Crippen LogP contribution in [0.1, 0.15) is 39.3 Å². The van der Waals surface area contributed by atoms with Gasteiger partial charge in [-0.15, -0.1) is 0 Å². The molecular weight excluding hydrogens is 252 g/mol. The summed E-state index contributed by atoms with van der Waals surface area (Å²) in [7, 11) is 0. The van der Waals surface area contributed by atoms with Crippen molar-refractivity contribution >= 4 is 6.03 Å². The Labute approximate surface area is 121 Å². The molecule has 0 aliphatic heterocycles. The average molecular weight is 278 g/mol. The fourth-order valence-electron chi connectivity index (χ4n) is 2.18. The monoisotopic (exact) mass is 278 g/mol. The number of aliphatic hydroxyl groups is 1. The summed E-state index contributed by atoms with van der Waals surface area (Å²) in [5, 5.41) is 12.1. The van der Waals surface area contributed by atoms with Gasteiger partial charge < -0.3 is 15.3 Å². The lowest BCUT2D eigenvalue weighted by Gasteiger charge is -2.34. The number of nitrogens with one attached hydrogen (secondary N) is 1. The molecule has 0 saturated carbocycles. The van der Waals surface area contributed by atoms with E-state index in [9.17, 15) is 4.79 Å². The van der Waals surface area contributed by atoms with Crippen molar-refractivity contribution in [3.8, 4) is 0 Å². The minimum atomic E-state index is -0.134. The van der Waals surface area contributed by atoms with Gasteiger partial charge in [-0.2, -0.15) is 0 Å². The highest BCUT2D eigenvalue weighted by Gasteiger charge is 2.28. The van der Waals surface area contributed by atoms with Crippen molar-refractivity contribution < 1.29 is 9.90 Å². The molecule has 0 bridgehead atoms. The van der Waals surface area contributed by atoms with Crippen LogP contribution >= 0.6 is 0 Å². The lowest BCUT2D eigenvalue weighted by Crippen LogP contribution is -2.45. The van der Waals surface area contributed by atoms with E-state index in [0.29, 0.717) is 13.1 Å². The first kappa shape index (κ1) is 16.5. The van der Waals surface area contributed by atoms with Gasteiger partial charge in [-0.1, -0.05) is 51.1 Å². The normalized spacial score (nSPS) is 12.8. The van der Waals surface area contributed by atoms with Crippen LogP contribution in [0.15, 0.2) is 30.3 Å². The molecule has 1 unspecified atom stereocenters. The Bertz CT molecular complexity index is 412. The van der Waals surface area contributed by atoms with Crippen LogP contribution in [0.25, 0.3) is 0 Å². The summed E-state index contributed by atoms with van der Waals surface area (Å²) in [5.74, 6) is 0. The van der Waals surface area contributed by atoms with Crippen molar-refractivity contribution in [1.82, 2.24) is 10.2 Å². The minimum Gasteiger partial charge on any atom is -0.395 e. The van der Waals surface area contributed by atoms with Crippen LogP contribution in [-0.4, -0.2) is 35.7 Å². The van der Waals surface area contributed by atoms with Gasteiger partial charge in [0, 0.05) is 13.1 Å². The third kappa shape index (κ3) is 4.53. The Balaban J connectivity index is 2.89. The van der Waals surface area contributed by atoms with E-state index in [-0.39, 0.29) is 24.1 Å². The van der Waals surface area contributed by atoms with Crippen LogP contribution in [-0.2, 0) is 0 Å². The Morgan fingerprint density at radius 2 is 1.90 bits per heavy atom. The maximum Gasteiger partial charge on any atom is 0.317 e. The summed E-state index contributed by atoms with van der Waals surface area (Å²) in [6, 6.07) is 9.78. The van der Waals surface area contributed by atoms with E-state index in [1.807, 2.05) is 37.3 Å². The molecule has 1 aromatic rings. The van der Waals surface area contributed by atoms with Crippen LogP contribution in [0.3, 0.4) is 0 Å². The molecule has 0 radical (unpaired) electrons. The fraction of sp³-hybridized carbons (Fsp3) is 0.562. The standard InChI is InChI=1S/C16H26N2O2/c1-5-18(11-12-19)15(20)17-14(16(2,3)4)13-9-7-6-8-10-13/h6-10,14,19H,5,11-12H2,1-4H3,(H,17,20). The van der Waals surface area contributed by atoms with Crippen molar-refractivity contribution in [2.45, 2.75) is 33.7 Å². The number of urea groups is 1. The summed E-state index contributed by atoms with van der Waals surface area (Å²) >= 11 is 0. The highest BCUT2D eigenvalue weighted by Crippen LogP contribution is 2.32. The van der Waals surface area contributed by atoms with Gasteiger partial charge in [0.1, 0.15) is 0 Å². The molecule has 1 rings (SSSR count). The molecule has 2 amide bonds. The molecule has 2 N–H and O–H groups in total. The second-order valence-electron chi connectivity index (χ2n) is 5.96. The van der Waals surface area contributed by atoms with Crippen molar-refractivity contribution in [3.05, 3.63) is 35.9 Å². The second-order valence-corrected chi connectivity index (χ2v) is 5.96. The molecule has 0 saturated heterocycles. The summed E-state index contributed by atoms with van der Waals surface area (Å²) in [5.41, 5.74) is 1.00. The molecule has 4 nitrogen and oxygen atoms in total. The molecule has 0 fully saturated rings. The third-order valence-electron chi connectivity index (χ3n) is 3.31. The molecule has 1 aromatic carbocycles. The highest BCUT2D eigenvalue weighted by molar-refractivity contribution is 5.74. The topological polar surface area (TPSA) is 52.6 Å². The van der Waals surface area contributed by atoms with E-state index in [2.05, 4.69) is 26.1 Å². The molecule has 112 valence electrons. The second kappa shape index (κ2) is 7.29. The number of carbonyl (C=O) groups is 1. The van der Waals surface area contributed by atoms with Crippen LogP contribution in [0.2, 0.25) is 0 Å². The van der Waals surface area contributed by atoms with Crippen molar-refractivity contribution in [2.75, 3.05) is 19.7 Å². The summed E-state index contributed by atoms with van der Waals surface area (Å²) in [6.07, 6.45) is 0. The molecule has 20 heavy (non-hydrogen) atoms. The SMILES string of the molecule is CCN(CCO)C(=O)NC(c1ccccc1)C(C)(C)C. The predicted molar refractivity (Wildman–Crippen MR) is 81.5 cm³/mol. The molecule has 1 atom stereocenters. The smallest absolute Gasteiger partial charge is 0.317 e. The number of nitrogens with zero attached hydrogens (tertiary/aromatic N) is 1. The fourth-order valence-corrected chi connectivity index (χ4v) is 2.18. The van der Waals surface area contributed by atoms with Crippen molar-refractivity contribution in [2.24, 2.45) is 5.41 Å². The zero-order valence-electron chi connectivity index (χ0n) is 12.9. The number of aliphatic hydroxyl groups excluding tert-OH is 1. The molecule has 0 aliphatic carbocycles. The van der Waals surface area contributed by atoms with E-state index >= 15 is 0 Å². The molecule has 0 aromatic heterocycles. The van der Waals surface area contributed by atoms with Crippen LogP contribution in [0.5, 0.6) is 0 Å². The molecular formula is C16H26N2O2. The maximum atomic E-state index is 12.3. The van der Waals surface area contributed by atoms with Gasteiger partial charge in [0.2, 0.25) is 0 Å². The number of benzene rings is 1. The predicted octanol–water partition coefficient (Wildman–Crippen LogP) is 2.80. The number of hydrogen-bond donors (Lipinski definition) is 2. The van der Waals surface area contributed by atoms with Gasteiger partial charge in [-0.25, -0.2) is 4.79 Å². The van der Waals surface area contributed by atoms with Crippen LogP contribution < -0.4 is 5.32 Å². The van der Waals surface area contributed by atoms with Gasteiger partial charge in [0.25, 0.3) is 0 Å². The lowest BCUT2D eigenvalue weighted by molar-refractivity contribution is 0.166. The first-order valence-electron chi connectivity index (χ1n) is 7.11. The van der Waals surface area contributed by atoms with E-state index in [1.54, 1.807) is 4.90 Å². The van der Waals surface area contributed by atoms with Gasteiger partial charge >= 0.3 is 6.03 Å². The Hall–Kier alpha value is -1.55. The summed E-state index contributed by atoms with van der Waals surface area (Å²) in [4.78, 5) is 13.9. The number of likely N-dealkylation sites (N-methyl/N-ethyl adjacent to an activating group) is 1. The third-order valence-corrected chi connectivity index (χ3v) is 3.31. The highest BCUT2D eigenvalue weighted by atomic mass is 16.3. The van der Waals surface area contributed by atoms with Crippen molar-refractivity contribution in [1.29, 1.82) is 0 Å². The first-order chi connectivity index (χ1) is 9.40. The molecule has 0 aliphatic rings. The first-order valence-corrected chi connectivity index (χ1v) is 7.11. The van der Waals surface area contributed by atoms with E-state index in [0.717, 1.165) is 5.56 Å². The van der Waals surface area contributed by atoms with Crippen LogP contribution in [0.4, 0.5) is 4.79 Å². The van der Waals surface area contributed by atoms with Crippen molar-refractivity contribution in [3.63, 3.8) is 0 Å². The van der Waals surface area contributed by atoms with Gasteiger partial charge in [-0.3, -0.25) is 0 Å². The summed E-state index contributed by atoms with van der Waals surface area (Å²) in [6.45, 7) is 9.14. The minimum absolute atomic E-state index is 0.0211. The average Bonchev–Trinajstić information content (AvgIpc) is 2.41. The van der Waals surface area contributed by atoms with Gasteiger partial charge in [0.15, 0.2) is 0 Å². The summed E-state index contributed by atoms with van der Waals surface area (Å²) < 4.78 is 0. The molecule has 0 heterocycles. The van der Waals surface area contributed by atoms with E-state index in [1.165, 1.54) is 0 Å². The number of carbonyl (C=O) groups excluding carboxylic acids is 1. The Morgan fingerprint density at radius 3 is 2.35 bits per heavy atom. The number of hydrogen-bond acceptors (Lipinski definition) is 2. The zero-order chi connectivity index (χ0) is 15.2. The van der Waals surface area contributed by atoms with Gasteiger partial charge in [-0.05, 0) is 17.9 Å². The van der Waals surface area contributed by atoms with E-state index in [4.69, 9.17) is 5.11 Å². The lowest BCUT2D eigenvalue weighted by atomic mass is 9.82. The zero-order valence-corrected chi connectivity index (χ0v) is 12.9. The largest absolute Gasteiger partial charge is 0.395 e. The molecule has 4 heteroatoms. The van der Waals surface area contributed by atoms with E-state index < -0.39 is 0 Å². The Kier molecular flexibility index (Phi) is 6.02. The number of amides is 2. The molecule has 0 spiro atoms.